The van der Waals surface area contributed by atoms with E-state index in [9.17, 15) is 0 Å². The number of benzene rings is 1. The average Bonchev–Trinajstić information content (AvgIpc) is 2.36. The van der Waals surface area contributed by atoms with Gasteiger partial charge in [0.25, 0.3) is 0 Å². The number of hydrogen-bond acceptors (Lipinski definition) is 2. The van der Waals surface area contributed by atoms with E-state index in [0.717, 1.165) is 29.8 Å². The van der Waals surface area contributed by atoms with Crippen LogP contribution in [0.2, 0.25) is 5.02 Å². The van der Waals surface area contributed by atoms with Crippen LogP contribution in [0, 0.1) is 0 Å². The molecule has 0 radical (unpaired) electrons. The van der Waals surface area contributed by atoms with E-state index in [1.807, 2.05) is 24.3 Å². The highest BCUT2D eigenvalue weighted by atomic mass is 35.5. The van der Waals surface area contributed by atoms with Crippen molar-refractivity contribution in [3.63, 3.8) is 0 Å². The number of hydrogen-bond donors (Lipinski definition) is 2. The van der Waals surface area contributed by atoms with Crippen molar-refractivity contribution in [1.29, 1.82) is 0 Å². The first-order valence-corrected chi connectivity index (χ1v) is 6.95. The summed E-state index contributed by atoms with van der Waals surface area (Å²) in [6.45, 7) is 1.98. The highest BCUT2D eigenvalue weighted by molar-refractivity contribution is 6.30. The van der Waals surface area contributed by atoms with Gasteiger partial charge >= 0.3 is 0 Å². The lowest BCUT2D eigenvalue weighted by Gasteiger charge is -2.23. The van der Waals surface area contributed by atoms with Gasteiger partial charge in [-0.15, -0.1) is 0 Å². The zero-order valence-electron chi connectivity index (χ0n) is 10.2. The van der Waals surface area contributed by atoms with Crippen LogP contribution in [-0.4, -0.2) is 19.1 Å². The lowest BCUT2D eigenvalue weighted by molar-refractivity contribution is 0.378. The predicted molar refractivity (Wildman–Crippen MR) is 74.8 cm³/mol. The van der Waals surface area contributed by atoms with E-state index < -0.39 is 0 Å². The van der Waals surface area contributed by atoms with Crippen LogP contribution in [0.15, 0.2) is 24.3 Å². The van der Waals surface area contributed by atoms with Gasteiger partial charge in [-0.2, -0.15) is 0 Å². The number of nitrogens with one attached hydrogen (secondary N) is 2. The van der Waals surface area contributed by atoms with Gasteiger partial charge in [0.1, 0.15) is 0 Å². The van der Waals surface area contributed by atoms with Crippen LogP contribution in [0.25, 0.3) is 0 Å². The maximum Gasteiger partial charge on any atom is 0.0426 e. The minimum atomic E-state index is 0.741. The number of rotatable bonds is 5. The summed E-state index contributed by atoms with van der Waals surface area (Å²) in [5.41, 5.74) is 1.10. The van der Waals surface area contributed by atoms with Crippen LogP contribution in [0.3, 0.4) is 0 Å². The normalized spacial score (nSPS) is 17.0. The van der Waals surface area contributed by atoms with Crippen molar-refractivity contribution < 1.29 is 0 Å². The zero-order valence-corrected chi connectivity index (χ0v) is 11.0. The van der Waals surface area contributed by atoms with E-state index in [2.05, 4.69) is 10.6 Å². The minimum absolute atomic E-state index is 0.741. The van der Waals surface area contributed by atoms with Gasteiger partial charge in [0, 0.05) is 29.8 Å². The van der Waals surface area contributed by atoms with E-state index in [1.54, 1.807) is 0 Å². The average molecular weight is 253 g/mol. The van der Waals surface area contributed by atoms with Gasteiger partial charge in [-0.1, -0.05) is 36.9 Å². The summed E-state index contributed by atoms with van der Waals surface area (Å²) in [7, 11) is 0. The third-order valence-electron chi connectivity index (χ3n) is 3.32. The highest BCUT2D eigenvalue weighted by Crippen LogP contribution is 2.17. The SMILES string of the molecule is Clc1cccc(NCCNC2CCCCC2)c1. The van der Waals surface area contributed by atoms with Crippen LogP contribution in [-0.2, 0) is 0 Å². The Labute approximate surface area is 109 Å². The molecule has 0 unspecified atom stereocenters. The van der Waals surface area contributed by atoms with Crippen molar-refractivity contribution in [3.8, 4) is 0 Å². The van der Waals surface area contributed by atoms with Gasteiger partial charge in [0.05, 0.1) is 0 Å². The van der Waals surface area contributed by atoms with Gasteiger partial charge in [-0.05, 0) is 31.0 Å². The smallest absolute Gasteiger partial charge is 0.0426 e. The Morgan fingerprint density at radius 3 is 2.71 bits per heavy atom. The molecule has 2 N–H and O–H groups in total. The molecule has 0 amide bonds. The molecule has 1 aromatic carbocycles. The molecule has 0 heterocycles. The Hall–Kier alpha value is -0.730. The Kier molecular flexibility index (Phi) is 5.14. The lowest BCUT2D eigenvalue weighted by atomic mass is 9.95. The summed E-state index contributed by atoms with van der Waals surface area (Å²) in [6, 6.07) is 8.62. The lowest BCUT2D eigenvalue weighted by Crippen LogP contribution is -2.34. The number of anilines is 1. The quantitative estimate of drug-likeness (QED) is 0.782. The minimum Gasteiger partial charge on any atom is -0.384 e. The molecule has 1 saturated carbocycles. The predicted octanol–water partition coefficient (Wildman–Crippen LogP) is 3.67. The maximum absolute atomic E-state index is 5.92. The van der Waals surface area contributed by atoms with Crippen LogP contribution in [0.5, 0.6) is 0 Å². The van der Waals surface area contributed by atoms with Crippen LogP contribution < -0.4 is 10.6 Å². The topological polar surface area (TPSA) is 24.1 Å². The van der Waals surface area contributed by atoms with Crippen molar-refractivity contribution in [3.05, 3.63) is 29.3 Å². The van der Waals surface area contributed by atoms with Crippen molar-refractivity contribution in [1.82, 2.24) is 5.32 Å². The largest absolute Gasteiger partial charge is 0.384 e. The second-order valence-electron chi connectivity index (χ2n) is 4.73. The fourth-order valence-corrected chi connectivity index (χ4v) is 2.58. The second-order valence-corrected chi connectivity index (χ2v) is 5.16. The molecule has 1 aromatic rings. The molecule has 1 aliphatic rings. The standard InChI is InChI=1S/C14H21ClN2/c15-12-5-4-8-14(11-12)17-10-9-16-13-6-2-1-3-7-13/h4-5,8,11,13,16-17H,1-3,6-7,9-10H2. The van der Waals surface area contributed by atoms with E-state index in [4.69, 9.17) is 11.6 Å². The first kappa shape index (κ1) is 12.7. The molecule has 17 heavy (non-hydrogen) atoms. The third-order valence-corrected chi connectivity index (χ3v) is 3.55. The molecule has 2 rings (SSSR count). The summed E-state index contributed by atoms with van der Waals surface area (Å²) in [6.07, 6.45) is 6.88. The summed E-state index contributed by atoms with van der Waals surface area (Å²) in [5, 5.41) is 7.78. The maximum atomic E-state index is 5.92. The molecule has 0 spiro atoms. The summed E-state index contributed by atoms with van der Waals surface area (Å²) < 4.78 is 0. The molecule has 0 aromatic heterocycles. The monoisotopic (exact) mass is 252 g/mol. The molecule has 0 bridgehead atoms. The number of halogens is 1. The molecule has 94 valence electrons. The van der Waals surface area contributed by atoms with Crippen LogP contribution in [0.1, 0.15) is 32.1 Å². The van der Waals surface area contributed by atoms with E-state index in [1.165, 1.54) is 32.1 Å². The van der Waals surface area contributed by atoms with Crippen molar-refractivity contribution in [2.24, 2.45) is 0 Å². The molecule has 0 atom stereocenters. The molecular formula is C14H21ClN2. The third kappa shape index (κ3) is 4.57. The molecule has 0 aliphatic heterocycles. The molecular weight excluding hydrogens is 232 g/mol. The van der Waals surface area contributed by atoms with Crippen LogP contribution >= 0.6 is 11.6 Å². The van der Waals surface area contributed by atoms with Crippen molar-refractivity contribution in [2.75, 3.05) is 18.4 Å². The second kappa shape index (κ2) is 6.87. The van der Waals surface area contributed by atoms with Gasteiger partial charge in [0.2, 0.25) is 0 Å². The van der Waals surface area contributed by atoms with Gasteiger partial charge in [-0.3, -0.25) is 0 Å². The fraction of sp³-hybridized carbons (Fsp3) is 0.571. The summed E-state index contributed by atoms with van der Waals surface area (Å²) in [5.74, 6) is 0. The van der Waals surface area contributed by atoms with Gasteiger partial charge in [-0.25, -0.2) is 0 Å². The zero-order chi connectivity index (χ0) is 11.9. The van der Waals surface area contributed by atoms with Gasteiger partial charge < -0.3 is 10.6 Å². The van der Waals surface area contributed by atoms with Gasteiger partial charge in [0.15, 0.2) is 0 Å². The Bertz CT molecular complexity index is 335. The van der Waals surface area contributed by atoms with E-state index in [0.29, 0.717) is 0 Å². The molecule has 0 saturated heterocycles. The molecule has 1 fully saturated rings. The fourth-order valence-electron chi connectivity index (χ4n) is 2.39. The first-order chi connectivity index (χ1) is 8.34. The van der Waals surface area contributed by atoms with E-state index >= 15 is 0 Å². The summed E-state index contributed by atoms with van der Waals surface area (Å²) >= 11 is 5.92. The Morgan fingerprint density at radius 1 is 1.12 bits per heavy atom. The molecule has 3 heteroatoms. The van der Waals surface area contributed by atoms with E-state index in [-0.39, 0.29) is 0 Å². The highest BCUT2D eigenvalue weighted by Gasteiger charge is 2.11. The summed E-state index contributed by atoms with van der Waals surface area (Å²) in [4.78, 5) is 0. The Balaban J connectivity index is 1.62. The van der Waals surface area contributed by atoms with Crippen molar-refractivity contribution in [2.45, 2.75) is 38.1 Å². The van der Waals surface area contributed by atoms with Crippen LogP contribution in [0.4, 0.5) is 5.69 Å². The first-order valence-electron chi connectivity index (χ1n) is 6.57. The Morgan fingerprint density at radius 2 is 1.94 bits per heavy atom. The van der Waals surface area contributed by atoms with Crippen molar-refractivity contribution >= 4 is 17.3 Å². The molecule has 1 aliphatic carbocycles. The molecule has 2 nitrogen and oxygen atoms in total.